The van der Waals surface area contributed by atoms with Crippen molar-refractivity contribution in [3.05, 3.63) is 47.9 Å². The first-order valence-corrected chi connectivity index (χ1v) is 11.9. The van der Waals surface area contributed by atoms with Crippen LogP contribution in [-0.2, 0) is 21.2 Å². The molecule has 0 saturated carbocycles. The molecule has 33 heavy (non-hydrogen) atoms. The average molecular weight is 470 g/mol. The zero-order valence-corrected chi connectivity index (χ0v) is 19.0. The van der Waals surface area contributed by atoms with Crippen LogP contribution in [0.25, 0.3) is 10.9 Å². The van der Waals surface area contributed by atoms with Crippen molar-refractivity contribution in [3.63, 3.8) is 0 Å². The molecular formula is C22H23N5O5S. The fourth-order valence-electron chi connectivity index (χ4n) is 4.13. The molecule has 1 aliphatic heterocycles. The van der Waals surface area contributed by atoms with Gasteiger partial charge in [0.25, 0.3) is 0 Å². The number of nitriles is 1. The van der Waals surface area contributed by atoms with Gasteiger partial charge >= 0.3 is 5.97 Å². The zero-order valence-electron chi connectivity index (χ0n) is 18.2. The van der Waals surface area contributed by atoms with Gasteiger partial charge in [-0.2, -0.15) is 14.7 Å². The Morgan fingerprint density at radius 3 is 2.67 bits per heavy atom. The van der Waals surface area contributed by atoms with Crippen LogP contribution < -0.4 is 4.74 Å². The molecule has 3 aromatic rings. The largest absolute Gasteiger partial charge is 0.494 e. The fourth-order valence-corrected chi connectivity index (χ4v) is 5.68. The normalized spacial score (nSPS) is 18.9. The second-order valence-corrected chi connectivity index (χ2v) is 9.87. The van der Waals surface area contributed by atoms with E-state index in [-0.39, 0.29) is 42.1 Å². The Hall–Kier alpha value is -3.49. The summed E-state index contributed by atoms with van der Waals surface area (Å²) in [6, 6.07) is 9.52. The van der Waals surface area contributed by atoms with E-state index in [1.165, 1.54) is 22.6 Å². The molecule has 0 unspecified atom stereocenters. The molecule has 0 amide bonds. The van der Waals surface area contributed by atoms with Gasteiger partial charge in [0.15, 0.2) is 0 Å². The molecule has 2 aromatic heterocycles. The van der Waals surface area contributed by atoms with E-state index in [0.29, 0.717) is 29.0 Å². The van der Waals surface area contributed by atoms with Crippen LogP contribution in [0.5, 0.6) is 5.75 Å². The number of hydrogen-bond donors (Lipinski definition) is 1. The van der Waals surface area contributed by atoms with Gasteiger partial charge in [0.2, 0.25) is 10.0 Å². The lowest BCUT2D eigenvalue weighted by molar-refractivity contribution is -0.136. The zero-order chi connectivity index (χ0) is 23.8. The minimum Gasteiger partial charge on any atom is -0.494 e. The number of benzene rings is 1. The van der Waals surface area contributed by atoms with Crippen LogP contribution in [0.3, 0.4) is 0 Å². The van der Waals surface area contributed by atoms with Crippen molar-refractivity contribution < 1.29 is 23.1 Å². The molecule has 10 nitrogen and oxygen atoms in total. The molecule has 11 heteroatoms. The molecule has 0 aliphatic carbocycles. The Balaban J connectivity index is 1.68. The molecule has 0 radical (unpaired) electrons. The average Bonchev–Trinajstić information content (AvgIpc) is 3.34. The highest BCUT2D eigenvalue weighted by atomic mass is 32.2. The number of aliphatic carboxylic acids is 1. The van der Waals surface area contributed by atoms with Gasteiger partial charge in [0.1, 0.15) is 17.5 Å². The number of hydrogen-bond acceptors (Lipinski definition) is 7. The van der Waals surface area contributed by atoms with Gasteiger partial charge in [-0.05, 0) is 37.1 Å². The van der Waals surface area contributed by atoms with Crippen molar-refractivity contribution in [3.8, 4) is 11.8 Å². The van der Waals surface area contributed by atoms with Gasteiger partial charge in [0.05, 0.1) is 35.2 Å². The van der Waals surface area contributed by atoms with Crippen LogP contribution in [-0.4, -0.2) is 58.3 Å². The van der Waals surface area contributed by atoms with E-state index < -0.39 is 16.0 Å². The van der Waals surface area contributed by atoms with Crippen LogP contribution in [0.15, 0.2) is 41.4 Å². The van der Waals surface area contributed by atoms with E-state index >= 15 is 0 Å². The molecule has 1 saturated heterocycles. The van der Waals surface area contributed by atoms with Gasteiger partial charge in [0, 0.05) is 30.7 Å². The first-order chi connectivity index (χ1) is 15.7. The van der Waals surface area contributed by atoms with E-state index in [1.54, 1.807) is 22.9 Å². The molecule has 0 spiro atoms. The SMILES string of the molecule is CCOc1ccc(S(=O)(=O)N2C[C@H](C)[C@@H](n3nc(CC(=O)O)c4cnc(C#N)cc43)C2)cc1. The summed E-state index contributed by atoms with van der Waals surface area (Å²) in [6.45, 7) is 4.72. The third-order valence-electron chi connectivity index (χ3n) is 5.73. The monoisotopic (exact) mass is 469 g/mol. The van der Waals surface area contributed by atoms with Crippen molar-refractivity contribution in [1.29, 1.82) is 5.26 Å². The molecule has 4 rings (SSSR count). The molecular weight excluding hydrogens is 446 g/mol. The number of carboxylic acid groups (broad SMARTS) is 1. The van der Waals surface area contributed by atoms with Crippen LogP contribution in [0.4, 0.5) is 0 Å². The molecule has 1 aliphatic rings. The predicted octanol–water partition coefficient (Wildman–Crippen LogP) is 2.21. The quantitative estimate of drug-likeness (QED) is 0.556. The summed E-state index contributed by atoms with van der Waals surface area (Å²) in [5.41, 5.74) is 1.07. The van der Waals surface area contributed by atoms with Gasteiger partial charge in [-0.1, -0.05) is 6.92 Å². The maximum absolute atomic E-state index is 13.3. The second-order valence-electron chi connectivity index (χ2n) is 7.93. The van der Waals surface area contributed by atoms with E-state index in [4.69, 9.17) is 4.74 Å². The Labute approximate surface area is 191 Å². The first kappa shape index (κ1) is 22.7. The number of pyridine rings is 1. The Morgan fingerprint density at radius 1 is 1.30 bits per heavy atom. The number of carboxylic acids is 1. The summed E-state index contributed by atoms with van der Waals surface area (Å²) in [5.74, 6) is -0.535. The smallest absolute Gasteiger partial charge is 0.309 e. The number of sulfonamides is 1. The van der Waals surface area contributed by atoms with Gasteiger partial charge in [-0.3, -0.25) is 9.48 Å². The predicted molar refractivity (Wildman–Crippen MR) is 118 cm³/mol. The molecule has 3 heterocycles. The number of nitrogens with zero attached hydrogens (tertiary/aromatic N) is 5. The number of ether oxygens (including phenoxy) is 1. The molecule has 1 N–H and O–H groups in total. The molecule has 0 bridgehead atoms. The number of carbonyl (C=O) groups is 1. The Morgan fingerprint density at radius 2 is 2.03 bits per heavy atom. The van der Waals surface area contributed by atoms with Gasteiger partial charge in [-0.25, -0.2) is 13.4 Å². The van der Waals surface area contributed by atoms with E-state index in [0.717, 1.165) is 0 Å². The van der Waals surface area contributed by atoms with Crippen LogP contribution in [0.1, 0.15) is 31.3 Å². The van der Waals surface area contributed by atoms with Crippen molar-refractivity contribution in [2.45, 2.75) is 31.2 Å². The number of fused-ring (bicyclic) bond motifs is 1. The van der Waals surface area contributed by atoms with Crippen LogP contribution >= 0.6 is 0 Å². The lowest BCUT2D eigenvalue weighted by Gasteiger charge is -2.18. The standard InChI is InChI=1S/C22H23N5O5S/c1-3-32-16-4-6-17(7-5-16)33(30,31)26-12-14(2)21(13-26)27-20-8-15(10-23)24-11-18(20)19(25-27)9-22(28)29/h4-8,11,14,21H,3,9,12-13H2,1-2H3,(H,28,29)/t14-,21-/m0/s1. The molecule has 1 fully saturated rings. The minimum atomic E-state index is -3.74. The lowest BCUT2D eigenvalue weighted by atomic mass is 10.1. The summed E-state index contributed by atoms with van der Waals surface area (Å²) in [5, 5.41) is 23.6. The number of aromatic nitrogens is 3. The highest BCUT2D eigenvalue weighted by Crippen LogP contribution is 2.34. The van der Waals surface area contributed by atoms with E-state index in [2.05, 4.69) is 10.1 Å². The summed E-state index contributed by atoms with van der Waals surface area (Å²) >= 11 is 0. The topological polar surface area (TPSA) is 138 Å². The highest BCUT2D eigenvalue weighted by molar-refractivity contribution is 7.89. The summed E-state index contributed by atoms with van der Waals surface area (Å²) in [4.78, 5) is 15.5. The third-order valence-corrected chi connectivity index (χ3v) is 7.57. The number of rotatable bonds is 7. The van der Waals surface area contributed by atoms with Crippen molar-refractivity contribution in [1.82, 2.24) is 19.1 Å². The van der Waals surface area contributed by atoms with Crippen molar-refractivity contribution in [2.75, 3.05) is 19.7 Å². The van der Waals surface area contributed by atoms with Crippen LogP contribution in [0.2, 0.25) is 0 Å². The first-order valence-electron chi connectivity index (χ1n) is 10.5. The minimum absolute atomic E-state index is 0.0954. The summed E-state index contributed by atoms with van der Waals surface area (Å²) in [6.07, 6.45) is 1.15. The highest BCUT2D eigenvalue weighted by Gasteiger charge is 2.39. The fraction of sp³-hybridized carbons (Fsp3) is 0.364. The Bertz CT molecular complexity index is 1340. The summed E-state index contributed by atoms with van der Waals surface area (Å²) in [7, 11) is -3.74. The summed E-state index contributed by atoms with van der Waals surface area (Å²) < 4.78 is 35.0. The maximum Gasteiger partial charge on any atom is 0.309 e. The third kappa shape index (κ3) is 4.27. The van der Waals surface area contributed by atoms with Crippen LogP contribution in [0, 0.1) is 17.2 Å². The van der Waals surface area contributed by atoms with E-state index in [1.807, 2.05) is 19.9 Å². The second kappa shape index (κ2) is 8.80. The van der Waals surface area contributed by atoms with Crippen molar-refractivity contribution >= 4 is 26.9 Å². The molecule has 172 valence electrons. The maximum atomic E-state index is 13.3. The molecule has 2 atom stereocenters. The lowest BCUT2D eigenvalue weighted by Crippen LogP contribution is -2.29. The molecule has 1 aromatic carbocycles. The van der Waals surface area contributed by atoms with Crippen molar-refractivity contribution in [2.24, 2.45) is 5.92 Å². The Kier molecular flexibility index (Phi) is 6.05. The van der Waals surface area contributed by atoms with Gasteiger partial charge < -0.3 is 9.84 Å². The van der Waals surface area contributed by atoms with Gasteiger partial charge in [-0.15, -0.1) is 0 Å². The van der Waals surface area contributed by atoms with E-state index in [9.17, 15) is 23.6 Å².